The molecule has 1 unspecified atom stereocenters. The minimum atomic E-state index is 0.0572. The van der Waals surface area contributed by atoms with Gasteiger partial charge in [0.1, 0.15) is 5.82 Å². The summed E-state index contributed by atoms with van der Waals surface area (Å²) in [6.07, 6.45) is 12.4. The Labute approximate surface area is 141 Å². The molecule has 0 spiro atoms. The standard InChI is InChI=1S/C19H34N4/c1-3-23-18(15-9-7-14(2)8-10-15)13-22-19(23)17(20)12-16-6-4-5-11-21-16/h13-17,21H,3-12,20H2,1-2H3/t14?,15?,16?,17-/m0/s1. The highest BCUT2D eigenvalue weighted by Crippen LogP contribution is 2.36. The normalized spacial score (nSPS) is 30.3. The highest BCUT2D eigenvalue weighted by molar-refractivity contribution is 5.14. The van der Waals surface area contributed by atoms with Gasteiger partial charge in [0, 0.05) is 30.4 Å². The Morgan fingerprint density at radius 1 is 1.26 bits per heavy atom. The summed E-state index contributed by atoms with van der Waals surface area (Å²) in [6, 6.07) is 0.626. The average molecular weight is 319 g/mol. The molecular weight excluding hydrogens is 284 g/mol. The molecule has 2 fully saturated rings. The number of hydrogen-bond acceptors (Lipinski definition) is 3. The number of nitrogens with one attached hydrogen (secondary N) is 1. The fourth-order valence-corrected chi connectivity index (χ4v) is 4.46. The van der Waals surface area contributed by atoms with Crippen LogP contribution in [0.25, 0.3) is 0 Å². The van der Waals surface area contributed by atoms with Crippen LogP contribution in [0.4, 0.5) is 0 Å². The Balaban J connectivity index is 1.69. The summed E-state index contributed by atoms with van der Waals surface area (Å²) in [6.45, 7) is 6.74. The number of rotatable bonds is 5. The summed E-state index contributed by atoms with van der Waals surface area (Å²) in [5.41, 5.74) is 7.98. The molecular formula is C19H34N4. The number of imidazole rings is 1. The van der Waals surface area contributed by atoms with Crippen LogP contribution >= 0.6 is 0 Å². The van der Waals surface area contributed by atoms with Crippen molar-refractivity contribution in [2.45, 2.75) is 89.8 Å². The van der Waals surface area contributed by atoms with Gasteiger partial charge >= 0.3 is 0 Å². The van der Waals surface area contributed by atoms with E-state index in [0.717, 1.165) is 31.3 Å². The Morgan fingerprint density at radius 2 is 2.04 bits per heavy atom. The molecule has 1 aliphatic heterocycles. The van der Waals surface area contributed by atoms with Crippen LogP contribution in [-0.4, -0.2) is 22.1 Å². The fraction of sp³-hybridized carbons (Fsp3) is 0.842. The second kappa shape index (κ2) is 7.80. The Bertz CT molecular complexity index is 482. The Morgan fingerprint density at radius 3 is 2.70 bits per heavy atom. The van der Waals surface area contributed by atoms with Gasteiger partial charge in [-0.05, 0) is 51.5 Å². The van der Waals surface area contributed by atoms with Gasteiger partial charge in [0.05, 0.1) is 6.04 Å². The van der Waals surface area contributed by atoms with E-state index in [9.17, 15) is 0 Å². The molecule has 0 amide bonds. The Kier molecular flexibility index (Phi) is 5.76. The first-order valence-corrected chi connectivity index (χ1v) is 9.73. The van der Waals surface area contributed by atoms with Crippen molar-refractivity contribution in [1.82, 2.24) is 14.9 Å². The first kappa shape index (κ1) is 17.0. The lowest BCUT2D eigenvalue weighted by molar-refractivity contribution is 0.334. The number of piperidine rings is 1. The number of hydrogen-bond donors (Lipinski definition) is 2. The molecule has 0 aromatic carbocycles. The first-order chi connectivity index (χ1) is 11.2. The molecule has 2 heterocycles. The molecule has 3 N–H and O–H groups in total. The first-order valence-electron chi connectivity index (χ1n) is 9.73. The summed E-state index contributed by atoms with van der Waals surface area (Å²) < 4.78 is 2.41. The van der Waals surface area contributed by atoms with E-state index in [1.807, 2.05) is 0 Å². The summed E-state index contributed by atoms with van der Waals surface area (Å²) in [5.74, 6) is 2.68. The van der Waals surface area contributed by atoms with E-state index in [-0.39, 0.29) is 6.04 Å². The lowest BCUT2D eigenvalue weighted by Gasteiger charge is -2.28. The largest absolute Gasteiger partial charge is 0.331 e. The van der Waals surface area contributed by atoms with Crippen molar-refractivity contribution in [2.24, 2.45) is 11.7 Å². The molecule has 1 saturated heterocycles. The second-order valence-electron chi connectivity index (χ2n) is 7.73. The highest BCUT2D eigenvalue weighted by atomic mass is 15.1. The van der Waals surface area contributed by atoms with Crippen LogP contribution in [0.3, 0.4) is 0 Å². The smallest absolute Gasteiger partial charge is 0.125 e. The fourth-order valence-electron chi connectivity index (χ4n) is 4.46. The lowest BCUT2D eigenvalue weighted by Crippen LogP contribution is -2.37. The number of nitrogens with zero attached hydrogens (tertiary/aromatic N) is 2. The molecule has 1 aliphatic carbocycles. The van der Waals surface area contributed by atoms with Crippen LogP contribution in [0.1, 0.15) is 88.7 Å². The van der Waals surface area contributed by atoms with E-state index in [4.69, 9.17) is 10.7 Å². The van der Waals surface area contributed by atoms with Crippen molar-refractivity contribution < 1.29 is 0 Å². The summed E-state index contributed by atoms with van der Waals surface area (Å²) in [5, 5.41) is 3.62. The topological polar surface area (TPSA) is 55.9 Å². The van der Waals surface area contributed by atoms with Crippen molar-refractivity contribution in [3.63, 3.8) is 0 Å². The Hall–Kier alpha value is -0.870. The molecule has 1 saturated carbocycles. The van der Waals surface area contributed by atoms with E-state index < -0.39 is 0 Å². The molecule has 4 heteroatoms. The SMILES string of the molecule is CCn1c(C2CCC(C)CC2)cnc1[C@@H](N)CC1CCCCN1. The molecule has 1 aromatic heterocycles. The van der Waals surface area contributed by atoms with Crippen LogP contribution in [-0.2, 0) is 6.54 Å². The molecule has 1 aromatic rings. The molecule has 3 rings (SSSR count). The molecule has 2 atom stereocenters. The maximum atomic E-state index is 6.54. The van der Waals surface area contributed by atoms with Gasteiger partial charge in [-0.1, -0.05) is 26.2 Å². The summed E-state index contributed by atoms with van der Waals surface area (Å²) in [4.78, 5) is 4.76. The number of aromatic nitrogens is 2. The van der Waals surface area contributed by atoms with Crippen molar-refractivity contribution in [3.8, 4) is 0 Å². The van der Waals surface area contributed by atoms with Crippen molar-refractivity contribution in [2.75, 3.05) is 6.54 Å². The monoisotopic (exact) mass is 318 g/mol. The third-order valence-corrected chi connectivity index (χ3v) is 5.95. The molecule has 2 aliphatic rings. The maximum Gasteiger partial charge on any atom is 0.125 e. The summed E-state index contributed by atoms with van der Waals surface area (Å²) in [7, 11) is 0. The molecule has 130 valence electrons. The van der Waals surface area contributed by atoms with E-state index >= 15 is 0 Å². The van der Waals surface area contributed by atoms with Crippen LogP contribution in [0.15, 0.2) is 6.20 Å². The van der Waals surface area contributed by atoms with Crippen LogP contribution < -0.4 is 11.1 Å². The van der Waals surface area contributed by atoms with Crippen molar-refractivity contribution in [3.05, 3.63) is 17.7 Å². The van der Waals surface area contributed by atoms with Gasteiger partial charge < -0.3 is 15.6 Å². The molecule has 0 radical (unpaired) electrons. The summed E-state index contributed by atoms with van der Waals surface area (Å²) >= 11 is 0. The van der Waals surface area contributed by atoms with Crippen LogP contribution in [0, 0.1) is 5.92 Å². The predicted octanol–water partition coefficient (Wildman–Crippen LogP) is 3.73. The van der Waals surface area contributed by atoms with Gasteiger partial charge in [-0.3, -0.25) is 0 Å². The highest BCUT2D eigenvalue weighted by Gasteiger charge is 2.26. The minimum absolute atomic E-state index is 0.0572. The van der Waals surface area contributed by atoms with Crippen LogP contribution in [0.2, 0.25) is 0 Å². The average Bonchev–Trinajstić information content (AvgIpc) is 3.00. The van der Waals surface area contributed by atoms with Gasteiger partial charge in [0.15, 0.2) is 0 Å². The number of nitrogens with two attached hydrogens (primary N) is 1. The zero-order valence-corrected chi connectivity index (χ0v) is 14.9. The van der Waals surface area contributed by atoms with Gasteiger partial charge in [-0.15, -0.1) is 0 Å². The zero-order valence-electron chi connectivity index (χ0n) is 14.9. The second-order valence-corrected chi connectivity index (χ2v) is 7.73. The van der Waals surface area contributed by atoms with Crippen molar-refractivity contribution in [1.29, 1.82) is 0 Å². The predicted molar refractivity (Wildman–Crippen MR) is 95.5 cm³/mol. The van der Waals surface area contributed by atoms with Crippen LogP contribution in [0.5, 0.6) is 0 Å². The minimum Gasteiger partial charge on any atom is -0.331 e. The quantitative estimate of drug-likeness (QED) is 0.870. The van der Waals surface area contributed by atoms with Gasteiger partial charge in [-0.25, -0.2) is 4.98 Å². The van der Waals surface area contributed by atoms with E-state index in [1.165, 1.54) is 50.6 Å². The van der Waals surface area contributed by atoms with Crippen molar-refractivity contribution >= 4 is 0 Å². The third kappa shape index (κ3) is 3.97. The van der Waals surface area contributed by atoms with E-state index in [2.05, 4.69) is 29.9 Å². The maximum absolute atomic E-state index is 6.54. The molecule has 4 nitrogen and oxygen atoms in total. The molecule has 23 heavy (non-hydrogen) atoms. The van der Waals surface area contributed by atoms with Gasteiger partial charge in [0.25, 0.3) is 0 Å². The van der Waals surface area contributed by atoms with E-state index in [1.54, 1.807) is 0 Å². The lowest BCUT2D eigenvalue weighted by atomic mass is 9.81. The van der Waals surface area contributed by atoms with Gasteiger partial charge in [0.2, 0.25) is 0 Å². The van der Waals surface area contributed by atoms with Gasteiger partial charge in [-0.2, -0.15) is 0 Å². The third-order valence-electron chi connectivity index (χ3n) is 5.95. The zero-order chi connectivity index (χ0) is 16.2. The van der Waals surface area contributed by atoms with E-state index in [0.29, 0.717) is 12.0 Å². The molecule has 0 bridgehead atoms.